The summed E-state index contributed by atoms with van der Waals surface area (Å²) < 4.78 is 5.69. The fraction of sp³-hybridized carbons (Fsp3) is 0.125. The number of carbonyl (C=O) groups excluding carboxylic acids is 1. The molecule has 1 atom stereocenters. The molecule has 0 saturated carbocycles. The highest BCUT2D eigenvalue weighted by molar-refractivity contribution is 7.13. The van der Waals surface area contributed by atoms with E-state index in [4.69, 9.17) is 16.1 Å². The first-order chi connectivity index (χ1) is 15.6. The van der Waals surface area contributed by atoms with E-state index in [1.807, 2.05) is 66.9 Å². The topological polar surface area (TPSA) is 71.3 Å². The Hall–Kier alpha value is -3.42. The maximum Gasteiger partial charge on any atom is 0.322 e. The molecule has 0 bridgehead atoms. The largest absolute Gasteiger partial charge is 0.334 e. The molecule has 2 amide bonds. The third-order valence-corrected chi connectivity index (χ3v) is 6.50. The van der Waals surface area contributed by atoms with E-state index in [1.54, 1.807) is 28.4 Å². The van der Waals surface area contributed by atoms with E-state index in [-0.39, 0.29) is 6.03 Å². The fourth-order valence-electron chi connectivity index (χ4n) is 3.76. The van der Waals surface area contributed by atoms with Crippen LogP contribution in [0.1, 0.15) is 30.0 Å². The number of urea groups is 1. The van der Waals surface area contributed by atoms with Crippen molar-refractivity contribution < 1.29 is 9.32 Å². The van der Waals surface area contributed by atoms with Gasteiger partial charge in [0.1, 0.15) is 0 Å². The minimum Gasteiger partial charge on any atom is -0.334 e. The van der Waals surface area contributed by atoms with Crippen LogP contribution >= 0.6 is 22.9 Å². The zero-order valence-corrected chi connectivity index (χ0v) is 18.7. The number of nitrogens with zero attached hydrogens (tertiary/aromatic N) is 3. The molecule has 2 aromatic carbocycles. The maximum absolute atomic E-state index is 13.1. The Morgan fingerprint density at radius 2 is 1.88 bits per heavy atom. The monoisotopic (exact) mass is 462 g/mol. The number of rotatable bonds is 5. The summed E-state index contributed by atoms with van der Waals surface area (Å²) in [5, 5.41) is 9.88. The Morgan fingerprint density at radius 3 is 2.59 bits per heavy atom. The summed E-state index contributed by atoms with van der Waals surface area (Å²) in [5.41, 5.74) is 3.43. The van der Waals surface area contributed by atoms with Gasteiger partial charge < -0.3 is 9.84 Å². The number of benzene rings is 2. The van der Waals surface area contributed by atoms with Gasteiger partial charge in [-0.1, -0.05) is 65.3 Å². The molecule has 0 saturated heterocycles. The number of nitrogens with one attached hydrogen (secondary N) is 1. The van der Waals surface area contributed by atoms with Crippen LogP contribution in [-0.4, -0.2) is 21.1 Å². The van der Waals surface area contributed by atoms with Crippen LogP contribution < -0.4 is 5.32 Å². The zero-order valence-electron chi connectivity index (χ0n) is 17.2. The van der Waals surface area contributed by atoms with Crippen LogP contribution in [0.2, 0.25) is 5.02 Å². The van der Waals surface area contributed by atoms with Crippen LogP contribution in [0.15, 0.2) is 82.3 Å². The maximum atomic E-state index is 13.1. The third kappa shape index (κ3) is 3.92. The highest BCUT2D eigenvalue weighted by Gasteiger charge is 2.35. The average molecular weight is 463 g/mol. The fourth-order valence-corrected chi connectivity index (χ4v) is 4.53. The second-order valence-electron chi connectivity index (χ2n) is 7.41. The Kier molecular flexibility index (Phi) is 5.51. The molecule has 160 valence electrons. The van der Waals surface area contributed by atoms with Crippen molar-refractivity contribution in [1.29, 1.82) is 0 Å². The Bertz CT molecular complexity index is 1270. The van der Waals surface area contributed by atoms with E-state index >= 15 is 0 Å². The summed E-state index contributed by atoms with van der Waals surface area (Å²) in [6.45, 7) is 2.34. The molecule has 0 spiro atoms. The first-order valence-corrected chi connectivity index (χ1v) is 11.3. The van der Waals surface area contributed by atoms with Gasteiger partial charge in [-0.2, -0.15) is 4.98 Å². The average Bonchev–Trinajstić information content (AvgIpc) is 3.50. The first-order valence-electron chi connectivity index (χ1n) is 10.1. The number of hydrogen-bond donors (Lipinski definition) is 1. The smallest absolute Gasteiger partial charge is 0.322 e. The number of hydrogen-bond acceptors (Lipinski definition) is 5. The lowest BCUT2D eigenvalue weighted by molar-refractivity contribution is 0.203. The van der Waals surface area contributed by atoms with Gasteiger partial charge in [0.2, 0.25) is 5.82 Å². The number of halogens is 1. The van der Waals surface area contributed by atoms with Crippen LogP contribution in [0.25, 0.3) is 16.3 Å². The summed E-state index contributed by atoms with van der Waals surface area (Å²) in [6.07, 6.45) is 0. The summed E-state index contributed by atoms with van der Waals surface area (Å²) in [6, 6.07) is 20.5. The molecule has 0 fully saturated rings. The number of aromatic nitrogens is 2. The number of allylic oxidation sites excluding steroid dienone is 1. The van der Waals surface area contributed by atoms with Gasteiger partial charge in [-0.25, -0.2) is 4.79 Å². The molecule has 1 unspecified atom stereocenters. The van der Waals surface area contributed by atoms with E-state index in [1.165, 1.54) is 0 Å². The van der Waals surface area contributed by atoms with E-state index in [9.17, 15) is 4.79 Å². The predicted octanol–water partition coefficient (Wildman–Crippen LogP) is 6.15. The lowest BCUT2D eigenvalue weighted by Crippen LogP contribution is -2.45. The normalized spacial score (nSPS) is 16.4. The van der Waals surface area contributed by atoms with Gasteiger partial charge >= 0.3 is 6.03 Å². The molecule has 2 aromatic heterocycles. The summed E-state index contributed by atoms with van der Waals surface area (Å²) in [4.78, 5) is 20.4. The molecule has 1 aliphatic rings. The van der Waals surface area contributed by atoms with Crippen molar-refractivity contribution in [3.63, 3.8) is 0 Å². The van der Waals surface area contributed by atoms with E-state index in [0.29, 0.717) is 23.3 Å². The minimum atomic E-state index is -0.441. The van der Waals surface area contributed by atoms with E-state index in [2.05, 4.69) is 15.5 Å². The van der Waals surface area contributed by atoms with Crippen molar-refractivity contribution >= 4 is 34.5 Å². The Balaban J connectivity index is 1.60. The molecule has 4 aromatic rings. The van der Waals surface area contributed by atoms with Gasteiger partial charge in [-0.15, -0.1) is 11.3 Å². The van der Waals surface area contributed by atoms with Gasteiger partial charge in [0.25, 0.3) is 5.89 Å². The van der Waals surface area contributed by atoms with Crippen molar-refractivity contribution in [2.24, 2.45) is 0 Å². The van der Waals surface area contributed by atoms with Gasteiger partial charge in [0.15, 0.2) is 0 Å². The molecule has 5 rings (SSSR count). The molecule has 32 heavy (non-hydrogen) atoms. The molecule has 6 nitrogen and oxygen atoms in total. The third-order valence-electron chi connectivity index (χ3n) is 5.38. The van der Waals surface area contributed by atoms with Gasteiger partial charge in [-0.3, -0.25) is 4.90 Å². The standard InChI is InChI=1S/C24H19ClN4O2S/c1-15-20(23-27-22(28-31-23)19-8-5-13-32-19)21(17-9-11-18(25)12-10-17)26-24(30)29(15)14-16-6-3-2-4-7-16/h2-13,21H,14H2,1H3,(H,26,30). The van der Waals surface area contributed by atoms with Gasteiger partial charge in [0.05, 0.1) is 23.0 Å². The van der Waals surface area contributed by atoms with Crippen LogP contribution in [0.5, 0.6) is 0 Å². The van der Waals surface area contributed by atoms with Crippen LogP contribution in [0.4, 0.5) is 4.79 Å². The summed E-state index contributed by atoms with van der Waals surface area (Å²) in [5.74, 6) is 0.903. The predicted molar refractivity (Wildman–Crippen MR) is 125 cm³/mol. The second kappa shape index (κ2) is 8.61. The van der Waals surface area contributed by atoms with Crippen LogP contribution in [0, 0.1) is 0 Å². The minimum absolute atomic E-state index is 0.187. The Labute approximate surface area is 194 Å². The van der Waals surface area contributed by atoms with Crippen molar-refractivity contribution in [3.8, 4) is 10.7 Å². The molecule has 1 N–H and O–H groups in total. The summed E-state index contributed by atoms with van der Waals surface area (Å²) in [7, 11) is 0. The second-order valence-corrected chi connectivity index (χ2v) is 8.79. The molecular formula is C24H19ClN4O2S. The van der Waals surface area contributed by atoms with Crippen LogP contribution in [0.3, 0.4) is 0 Å². The highest BCUT2D eigenvalue weighted by Crippen LogP contribution is 2.38. The van der Waals surface area contributed by atoms with Crippen LogP contribution in [-0.2, 0) is 6.54 Å². The molecule has 0 radical (unpaired) electrons. The van der Waals surface area contributed by atoms with Crippen molar-refractivity contribution in [2.75, 3.05) is 0 Å². The SMILES string of the molecule is CC1=C(c2nc(-c3cccs3)no2)C(c2ccc(Cl)cc2)NC(=O)N1Cc1ccccc1. The summed E-state index contributed by atoms with van der Waals surface area (Å²) >= 11 is 7.63. The number of amides is 2. The zero-order chi connectivity index (χ0) is 22.1. The lowest BCUT2D eigenvalue weighted by atomic mass is 9.94. The highest BCUT2D eigenvalue weighted by atomic mass is 35.5. The van der Waals surface area contributed by atoms with Gasteiger partial charge in [0, 0.05) is 10.7 Å². The van der Waals surface area contributed by atoms with Crippen molar-refractivity contribution in [1.82, 2.24) is 20.4 Å². The van der Waals surface area contributed by atoms with Crippen molar-refractivity contribution in [2.45, 2.75) is 19.5 Å². The molecule has 8 heteroatoms. The quantitative estimate of drug-likeness (QED) is 0.386. The molecular weight excluding hydrogens is 444 g/mol. The molecule has 1 aliphatic heterocycles. The Morgan fingerprint density at radius 1 is 1.09 bits per heavy atom. The number of carbonyl (C=O) groups is 1. The molecule has 0 aliphatic carbocycles. The number of thiophene rings is 1. The van der Waals surface area contributed by atoms with Gasteiger partial charge in [-0.05, 0) is 41.6 Å². The molecule has 3 heterocycles. The van der Waals surface area contributed by atoms with Crippen molar-refractivity contribution in [3.05, 3.63) is 99.8 Å². The lowest BCUT2D eigenvalue weighted by Gasteiger charge is -2.35. The van der Waals surface area contributed by atoms with E-state index < -0.39 is 6.04 Å². The van der Waals surface area contributed by atoms with E-state index in [0.717, 1.165) is 27.3 Å². The first kappa shape index (κ1) is 20.5.